The summed E-state index contributed by atoms with van der Waals surface area (Å²) in [5.74, 6) is 0. The lowest BCUT2D eigenvalue weighted by Crippen LogP contribution is -1.87. The normalized spacial score (nSPS) is 11.7. The molecular formula is C45H33NS2. The van der Waals surface area contributed by atoms with Crippen LogP contribution in [0.2, 0.25) is 0 Å². The lowest BCUT2D eigenvalue weighted by molar-refractivity contribution is 1.32. The van der Waals surface area contributed by atoms with E-state index in [9.17, 15) is 0 Å². The quantitative estimate of drug-likeness (QED) is 0.143. The van der Waals surface area contributed by atoms with Crippen LogP contribution in [0.25, 0.3) is 47.6 Å². The van der Waals surface area contributed by atoms with E-state index in [0.29, 0.717) is 0 Å². The first-order valence-corrected chi connectivity index (χ1v) is 17.6. The molecule has 0 aliphatic rings. The van der Waals surface area contributed by atoms with E-state index in [0.717, 1.165) is 5.56 Å². The Morgan fingerprint density at radius 3 is 1.10 bits per heavy atom. The summed E-state index contributed by atoms with van der Waals surface area (Å²) >= 11 is 3.59. The molecule has 0 unspecified atom stereocenters. The number of thiophene rings is 2. The molecule has 4 aromatic carbocycles. The van der Waals surface area contributed by atoms with E-state index in [1.165, 1.54) is 58.5 Å². The largest absolute Gasteiger partial charge is 0.265 e. The molecule has 0 saturated heterocycles. The van der Waals surface area contributed by atoms with Gasteiger partial charge in [0.05, 0.1) is 0 Å². The summed E-state index contributed by atoms with van der Waals surface area (Å²) in [6, 6.07) is 53.4. The van der Waals surface area contributed by atoms with Crippen molar-refractivity contribution in [2.24, 2.45) is 0 Å². The first kappa shape index (κ1) is 31.0. The third-order valence-electron chi connectivity index (χ3n) is 7.93. The molecule has 0 aliphatic heterocycles. The summed E-state index contributed by atoms with van der Waals surface area (Å²) in [7, 11) is 0. The predicted octanol–water partition coefficient (Wildman–Crippen LogP) is 12.7. The van der Waals surface area contributed by atoms with E-state index in [-0.39, 0.29) is 0 Å². The molecule has 3 heterocycles. The predicted molar refractivity (Wildman–Crippen MR) is 210 cm³/mol. The van der Waals surface area contributed by atoms with Crippen molar-refractivity contribution in [3.63, 3.8) is 0 Å². The molecule has 3 aromatic heterocycles. The highest BCUT2D eigenvalue weighted by Gasteiger charge is 2.07. The van der Waals surface area contributed by atoms with Gasteiger partial charge in [0, 0.05) is 31.9 Å². The number of benzene rings is 4. The van der Waals surface area contributed by atoms with Crippen molar-refractivity contribution in [2.45, 2.75) is 0 Å². The number of nitrogens with zero attached hydrogens (tertiary/aromatic N) is 1. The van der Waals surface area contributed by atoms with Crippen molar-refractivity contribution in [3.05, 3.63) is 217 Å². The van der Waals surface area contributed by atoms with Crippen molar-refractivity contribution < 1.29 is 0 Å². The summed E-state index contributed by atoms with van der Waals surface area (Å²) in [5.41, 5.74) is 9.58. The average molecular weight is 652 g/mol. The van der Waals surface area contributed by atoms with Crippen LogP contribution in [0.15, 0.2) is 164 Å². The number of aromatic nitrogens is 1. The van der Waals surface area contributed by atoms with Gasteiger partial charge >= 0.3 is 0 Å². The van der Waals surface area contributed by atoms with Gasteiger partial charge in [0.25, 0.3) is 0 Å². The lowest BCUT2D eigenvalue weighted by Gasteiger charge is -2.08. The molecule has 0 aliphatic carbocycles. The smallest absolute Gasteiger partial charge is 0.0283 e. The maximum absolute atomic E-state index is 4.20. The van der Waals surface area contributed by atoms with Gasteiger partial charge in [0.15, 0.2) is 0 Å². The molecule has 0 fully saturated rings. The monoisotopic (exact) mass is 651 g/mol. The van der Waals surface area contributed by atoms with Crippen LogP contribution >= 0.6 is 22.7 Å². The van der Waals surface area contributed by atoms with Gasteiger partial charge in [-0.2, -0.15) is 0 Å². The molecule has 0 amide bonds. The van der Waals surface area contributed by atoms with Crippen LogP contribution in [0.4, 0.5) is 0 Å². The van der Waals surface area contributed by atoms with Crippen LogP contribution in [0.1, 0.15) is 52.9 Å². The molecule has 0 saturated carbocycles. The Balaban J connectivity index is 1.02. The van der Waals surface area contributed by atoms with Crippen molar-refractivity contribution in [2.75, 3.05) is 0 Å². The van der Waals surface area contributed by atoms with Gasteiger partial charge < -0.3 is 0 Å². The van der Waals surface area contributed by atoms with Gasteiger partial charge in [-0.25, -0.2) is 0 Å². The van der Waals surface area contributed by atoms with Crippen LogP contribution < -0.4 is 0 Å². The Bertz CT molecular complexity index is 1940. The summed E-state index contributed by atoms with van der Waals surface area (Å²) in [4.78, 5) is 9.10. The molecule has 1 nitrogen and oxygen atoms in total. The summed E-state index contributed by atoms with van der Waals surface area (Å²) in [6.45, 7) is 0. The minimum Gasteiger partial charge on any atom is -0.265 e. The highest BCUT2D eigenvalue weighted by atomic mass is 32.1. The molecule has 3 heteroatoms. The van der Waals surface area contributed by atoms with E-state index in [1.807, 2.05) is 12.4 Å². The Kier molecular flexibility index (Phi) is 9.90. The van der Waals surface area contributed by atoms with Crippen LogP contribution in [-0.2, 0) is 0 Å². The number of hydrogen-bond acceptors (Lipinski definition) is 3. The molecule has 48 heavy (non-hydrogen) atoms. The van der Waals surface area contributed by atoms with Gasteiger partial charge in [-0.15, -0.1) is 22.7 Å². The third-order valence-corrected chi connectivity index (χ3v) is 9.93. The van der Waals surface area contributed by atoms with E-state index < -0.39 is 0 Å². The first-order chi connectivity index (χ1) is 23.8. The van der Waals surface area contributed by atoms with Crippen molar-refractivity contribution >= 4 is 70.3 Å². The van der Waals surface area contributed by atoms with Crippen LogP contribution in [-0.4, -0.2) is 4.98 Å². The molecule has 0 bridgehead atoms. The van der Waals surface area contributed by atoms with Crippen LogP contribution in [0.3, 0.4) is 0 Å². The van der Waals surface area contributed by atoms with Crippen LogP contribution in [0.5, 0.6) is 0 Å². The fraction of sp³-hybridized carbons (Fsp3) is 0. The molecule has 0 radical (unpaired) electrons. The number of rotatable bonds is 10. The van der Waals surface area contributed by atoms with E-state index in [4.69, 9.17) is 0 Å². The zero-order valence-electron chi connectivity index (χ0n) is 26.3. The van der Waals surface area contributed by atoms with Gasteiger partial charge in [0.1, 0.15) is 0 Å². The first-order valence-electron chi connectivity index (χ1n) is 15.9. The average Bonchev–Trinajstić information content (AvgIpc) is 3.82. The van der Waals surface area contributed by atoms with Crippen molar-refractivity contribution in [1.82, 2.24) is 4.98 Å². The van der Waals surface area contributed by atoms with E-state index in [2.05, 4.69) is 193 Å². The molecule has 0 N–H and O–H groups in total. The highest BCUT2D eigenvalue weighted by molar-refractivity contribution is 7.14. The minimum atomic E-state index is 1.16. The van der Waals surface area contributed by atoms with Crippen molar-refractivity contribution in [3.8, 4) is 0 Å². The standard InChI is InChI=1S/C45H33NS2/c1-4-10-36(11-5-1)44(37-12-6-2-7-13-37)32-42-26-24-40(47-42)22-20-34-16-18-35(19-17-34)21-23-41-25-27-43(48-41)33-45(38-14-8-3-9-15-38)39-28-30-46-31-29-39/h1-33H/b22-20+,23-21+,45-33+. The second-order valence-corrected chi connectivity index (χ2v) is 13.6. The number of hydrogen-bond donors (Lipinski definition) is 0. The second-order valence-electron chi connectivity index (χ2n) is 11.3. The lowest BCUT2D eigenvalue weighted by atomic mass is 9.97. The summed E-state index contributed by atoms with van der Waals surface area (Å²) in [5, 5.41) is 0. The fourth-order valence-corrected chi connectivity index (χ4v) is 7.20. The maximum atomic E-state index is 4.20. The Labute approximate surface area is 290 Å². The maximum Gasteiger partial charge on any atom is 0.0283 e. The zero-order chi connectivity index (χ0) is 32.4. The van der Waals surface area contributed by atoms with E-state index in [1.54, 1.807) is 22.7 Å². The molecule has 0 spiro atoms. The topological polar surface area (TPSA) is 12.9 Å². The fourth-order valence-electron chi connectivity index (χ4n) is 5.48. The van der Waals surface area contributed by atoms with Gasteiger partial charge in [-0.3, -0.25) is 4.98 Å². The highest BCUT2D eigenvalue weighted by Crippen LogP contribution is 2.31. The van der Waals surface area contributed by atoms with Gasteiger partial charge in [0.2, 0.25) is 0 Å². The summed E-state index contributed by atoms with van der Waals surface area (Å²) < 4.78 is 0. The molecule has 7 aromatic rings. The van der Waals surface area contributed by atoms with E-state index >= 15 is 0 Å². The van der Waals surface area contributed by atoms with Gasteiger partial charge in [-0.05, 0) is 105 Å². The van der Waals surface area contributed by atoms with Crippen LogP contribution in [0, 0.1) is 0 Å². The van der Waals surface area contributed by atoms with Gasteiger partial charge in [-0.1, -0.05) is 127 Å². The molecule has 0 atom stereocenters. The zero-order valence-corrected chi connectivity index (χ0v) is 27.9. The third kappa shape index (κ3) is 8.02. The minimum absolute atomic E-state index is 1.16. The summed E-state index contributed by atoms with van der Waals surface area (Å²) in [6.07, 6.45) is 17.0. The molecular weight excluding hydrogens is 619 g/mol. The van der Waals surface area contributed by atoms with Crippen molar-refractivity contribution in [1.29, 1.82) is 0 Å². The Morgan fingerprint density at radius 2 is 0.708 bits per heavy atom. The molecule has 7 rings (SSSR count). The second kappa shape index (κ2) is 15.3. The molecule has 230 valence electrons. The number of pyridine rings is 1. The SMILES string of the molecule is C(=C(c1ccccc1)c1ccccc1)c1ccc(/C=C/c2ccc(/C=C/c3ccc(/C=C(\c4ccccc4)c4ccncc4)s3)cc2)s1. The Morgan fingerprint density at radius 1 is 0.354 bits per heavy atom. The Hall–Kier alpha value is -5.61.